The van der Waals surface area contributed by atoms with E-state index in [9.17, 15) is 0 Å². The van der Waals surface area contributed by atoms with Gasteiger partial charge in [-0.05, 0) is 46.1 Å². The monoisotopic (exact) mass is 531 g/mol. The number of aliphatic imine (C=N–C) groups is 1. The van der Waals surface area contributed by atoms with E-state index < -0.39 is 0 Å². The van der Waals surface area contributed by atoms with Crippen LogP contribution in [0.25, 0.3) is 0 Å². The first-order chi connectivity index (χ1) is 13.7. The summed E-state index contributed by atoms with van der Waals surface area (Å²) in [7, 11) is 0. The van der Waals surface area contributed by atoms with Crippen LogP contribution in [-0.2, 0) is 13.0 Å². The van der Waals surface area contributed by atoms with E-state index in [0.29, 0.717) is 0 Å². The van der Waals surface area contributed by atoms with Crippen LogP contribution in [0, 0.1) is 13.8 Å². The minimum atomic E-state index is 0. The first-order valence-corrected chi connectivity index (χ1v) is 11.3. The average Bonchev–Trinajstić information content (AvgIpc) is 3.40. The van der Waals surface area contributed by atoms with Crippen molar-refractivity contribution in [3.05, 3.63) is 28.5 Å². The van der Waals surface area contributed by atoms with Gasteiger partial charge in [0, 0.05) is 56.8 Å². The number of aromatic nitrogens is 3. The van der Waals surface area contributed by atoms with E-state index in [1.165, 1.54) is 29.4 Å². The maximum Gasteiger partial charge on any atom is 0.191 e. The molecule has 1 fully saturated rings. The van der Waals surface area contributed by atoms with Gasteiger partial charge in [-0.25, -0.2) is 4.98 Å². The Morgan fingerprint density at radius 1 is 1.24 bits per heavy atom. The topological polar surface area (TPSA) is 70.4 Å². The zero-order chi connectivity index (χ0) is 19.8. The van der Waals surface area contributed by atoms with Crippen LogP contribution in [0.2, 0.25) is 0 Å². The van der Waals surface area contributed by atoms with E-state index in [0.717, 1.165) is 63.8 Å². The Hall–Kier alpha value is -1.36. The van der Waals surface area contributed by atoms with E-state index >= 15 is 0 Å². The number of rotatable bonds is 9. The van der Waals surface area contributed by atoms with Gasteiger partial charge in [-0.15, -0.1) is 35.3 Å². The van der Waals surface area contributed by atoms with Crippen molar-refractivity contribution in [3.8, 4) is 0 Å². The van der Waals surface area contributed by atoms with Gasteiger partial charge >= 0.3 is 0 Å². The van der Waals surface area contributed by atoms with Crippen molar-refractivity contribution in [3.63, 3.8) is 0 Å². The summed E-state index contributed by atoms with van der Waals surface area (Å²) in [6, 6.07) is 2.11. The Labute approximate surface area is 195 Å². The van der Waals surface area contributed by atoms with Crippen LogP contribution in [0.1, 0.15) is 43.3 Å². The zero-order valence-corrected chi connectivity index (χ0v) is 20.9. The molecule has 0 spiro atoms. The van der Waals surface area contributed by atoms with Gasteiger partial charge in [-0.3, -0.25) is 9.67 Å². The maximum atomic E-state index is 4.79. The van der Waals surface area contributed by atoms with Gasteiger partial charge in [0.1, 0.15) is 0 Å². The maximum absolute atomic E-state index is 4.79. The van der Waals surface area contributed by atoms with E-state index in [2.05, 4.69) is 50.6 Å². The van der Waals surface area contributed by atoms with Crippen LogP contribution in [0.4, 0.5) is 5.13 Å². The first kappa shape index (κ1) is 23.9. The lowest BCUT2D eigenvalue weighted by Gasteiger charge is -2.12. The van der Waals surface area contributed by atoms with Crippen LogP contribution in [0.5, 0.6) is 0 Å². The van der Waals surface area contributed by atoms with Gasteiger partial charge in [0.15, 0.2) is 11.1 Å². The van der Waals surface area contributed by atoms with Crippen molar-refractivity contribution >= 4 is 46.4 Å². The van der Waals surface area contributed by atoms with E-state index in [-0.39, 0.29) is 24.0 Å². The molecule has 0 radical (unpaired) electrons. The molecule has 0 atom stereocenters. The van der Waals surface area contributed by atoms with Gasteiger partial charge in [0.05, 0.1) is 11.4 Å². The minimum Gasteiger partial charge on any atom is -0.357 e. The Morgan fingerprint density at radius 2 is 2.03 bits per heavy atom. The highest BCUT2D eigenvalue weighted by atomic mass is 127. The Balaban J connectivity index is 0.00000300. The molecule has 0 amide bonds. The SMILES string of the molecule is CCNC(=NCCCn1nc(C)cc1C)NCCc1csc(N2CCCC2)n1.I. The first-order valence-electron chi connectivity index (χ1n) is 10.4. The molecule has 2 aromatic heterocycles. The minimum absolute atomic E-state index is 0. The molecular formula is C20H34IN7S. The second kappa shape index (κ2) is 12.4. The molecule has 0 bridgehead atoms. The predicted octanol–water partition coefficient (Wildman–Crippen LogP) is 3.36. The van der Waals surface area contributed by atoms with Crippen LogP contribution in [-0.4, -0.2) is 53.4 Å². The molecule has 0 unspecified atom stereocenters. The molecule has 1 aliphatic heterocycles. The molecule has 1 aliphatic rings. The number of guanidine groups is 1. The highest BCUT2D eigenvalue weighted by molar-refractivity contribution is 14.0. The largest absolute Gasteiger partial charge is 0.357 e. The number of aryl methyl sites for hydroxylation is 3. The van der Waals surface area contributed by atoms with Crippen molar-refractivity contribution in [2.24, 2.45) is 4.99 Å². The van der Waals surface area contributed by atoms with Crippen LogP contribution < -0.4 is 15.5 Å². The fourth-order valence-corrected chi connectivity index (χ4v) is 4.34. The number of thiazole rings is 1. The normalized spacial score (nSPS) is 14.2. The second-order valence-corrected chi connectivity index (χ2v) is 8.09. The molecule has 3 heterocycles. The molecule has 0 saturated carbocycles. The third kappa shape index (κ3) is 7.44. The molecular weight excluding hydrogens is 497 g/mol. The predicted molar refractivity (Wildman–Crippen MR) is 133 cm³/mol. The number of hydrogen-bond acceptors (Lipinski definition) is 5. The molecule has 3 rings (SSSR count). The van der Waals surface area contributed by atoms with Crippen molar-refractivity contribution < 1.29 is 0 Å². The third-order valence-electron chi connectivity index (χ3n) is 4.84. The van der Waals surface area contributed by atoms with E-state index in [1.54, 1.807) is 11.3 Å². The summed E-state index contributed by atoms with van der Waals surface area (Å²) in [6.07, 6.45) is 4.47. The number of halogens is 1. The van der Waals surface area contributed by atoms with Gasteiger partial charge in [0.2, 0.25) is 0 Å². The number of nitrogens with one attached hydrogen (secondary N) is 2. The van der Waals surface area contributed by atoms with E-state index in [1.807, 2.05) is 6.92 Å². The second-order valence-electron chi connectivity index (χ2n) is 7.26. The number of hydrogen-bond donors (Lipinski definition) is 2. The van der Waals surface area contributed by atoms with Crippen molar-refractivity contribution in [1.82, 2.24) is 25.4 Å². The molecule has 0 aromatic carbocycles. The summed E-state index contributed by atoms with van der Waals surface area (Å²) in [4.78, 5) is 11.9. The lowest BCUT2D eigenvalue weighted by molar-refractivity contribution is 0.567. The quantitative estimate of drug-likeness (QED) is 0.225. The summed E-state index contributed by atoms with van der Waals surface area (Å²) in [5, 5.41) is 14.6. The standard InChI is InChI=1S/C20H33N7S.HI/c1-4-21-19(22-9-7-13-27-17(3)14-16(2)25-27)23-10-8-18-15-28-20(24-18)26-11-5-6-12-26;/h14-15H,4-13H2,1-3H3,(H2,21,22,23);1H. The van der Waals surface area contributed by atoms with Gasteiger partial charge in [-0.1, -0.05) is 0 Å². The molecule has 9 heteroatoms. The average molecular weight is 532 g/mol. The lowest BCUT2D eigenvalue weighted by Crippen LogP contribution is -2.38. The molecule has 162 valence electrons. The Bertz CT molecular complexity index is 765. The summed E-state index contributed by atoms with van der Waals surface area (Å²) in [5.41, 5.74) is 3.45. The van der Waals surface area contributed by atoms with Crippen LogP contribution >= 0.6 is 35.3 Å². The summed E-state index contributed by atoms with van der Waals surface area (Å²) in [5.74, 6) is 0.880. The van der Waals surface area contributed by atoms with Gasteiger partial charge in [-0.2, -0.15) is 5.10 Å². The number of anilines is 1. The Morgan fingerprint density at radius 3 is 2.72 bits per heavy atom. The highest BCUT2D eigenvalue weighted by Crippen LogP contribution is 2.24. The molecule has 7 nitrogen and oxygen atoms in total. The van der Waals surface area contributed by atoms with Crippen molar-refractivity contribution in [2.45, 2.75) is 53.0 Å². The molecule has 2 aromatic rings. The zero-order valence-electron chi connectivity index (χ0n) is 17.8. The van der Waals surface area contributed by atoms with Crippen LogP contribution in [0.15, 0.2) is 16.4 Å². The molecule has 29 heavy (non-hydrogen) atoms. The fourth-order valence-electron chi connectivity index (χ4n) is 3.43. The third-order valence-corrected chi connectivity index (χ3v) is 5.79. The summed E-state index contributed by atoms with van der Waals surface area (Å²) in [6.45, 7) is 11.9. The molecule has 0 aliphatic carbocycles. The lowest BCUT2D eigenvalue weighted by atomic mass is 10.3. The van der Waals surface area contributed by atoms with E-state index in [4.69, 9.17) is 9.98 Å². The highest BCUT2D eigenvalue weighted by Gasteiger charge is 2.15. The molecule has 2 N–H and O–H groups in total. The van der Waals surface area contributed by atoms with Crippen molar-refractivity contribution in [1.29, 1.82) is 0 Å². The smallest absolute Gasteiger partial charge is 0.191 e. The molecule has 1 saturated heterocycles. The fraction of sp³-hybridized carbons (Fsp3) is 0.650. The summed E-state index contributed by atoms with van der Waals surface area (Å²) < 4.78 is 2.06. The number of nitrogens with zero attached hydrogens (tertiary/aromatic N) is 5. The van der Waals surface area contributed by atoms with Gasteiger partial charge < -0.3 is 15.5 Å². The Kier molecular flexibility index (Phi) is 10.2. The summed E-state index contributed by atoms with van der Waals surface area (Å²) >= 11 is 1.77. The van der Waals surface area contributed by atoms with Crippen molar-refractivity contribution in [2.75, 3.05) is 37.6 Å². The van der Waals surface area contributed by atoms with Crippen LogP contribution in [0.3, 0.4) is 0 Å². The van der Waals surface area contributed by atoms with Gasteiger partial charge in [0.25, 0.3) is 0 Å².